The van der Waals surface area contributed by atoms with Crippen LogP contribution in [0.5, 0.6) is 0 Å². The standard InChI is InChI=1S/C18H21N3O/c1-12(22-18(19)20)13-7-8-17-14(10-13)4-2-6-16(17)15-5-3-9-21-11-15/h2-6,9,11-13H,7-8,10H2,1H3,(H3,19,20)/t12-,13?/m1/s1. The zero-order valence-corrected chi connectivity index (χ0v) is 12.8. The highest BCUT2D eigenvalue weighted by molar-refractivity contribution is 5.69. The Labute approximate surface area is 130 Å². The fraction of sp³-hybridized carbons (Fsp3) is 0.333. The van der Waals surface area contributed by atoms with Gasteiger partial charge in [-0.1, -0.05) is 24.3 Å². The Balaban J connectivity index is 1.86. The average molecular weight is 295 g/mol. The molecule has 114 valence electrons. The minimum atomic E-state index is -0.192. The van der Waals surface area contributed by atoms with Crippen LogP contribution in [-0.4, -0.2) is 17.1 Å². The Morgan fingerprint density at radius 1 is 1.36 bits per heavy atom. The molecule has 1 unspecified atom stereocenters. The first-order valence-electron chi connectivity index (χ1n) is 7.67. The summed E-state index contributed by atoms with van der Waals surface area (Å²) in [4.78, 5) is 4.23. The molecule has 4 heteroatoms. The van der Waals surface area contributed by atoms with Gasteiger partial charge in [-0.3, -0.25) is 10.4 Å². The summed E-state index contributed by atoms with van der Waals surface area (Å²) in [5.74, 6) is 0.403. The van der Waals surface area contributed by atoms with Gasteiger partial charge < -0.3 is 10.5 Å². The molecule has 0 aliphatic heterocycles. The highest BCUT2D eigenvalue weighted by Crippen LogP contribution is 2.34. The number of nitrogens with one attached hydrogen (secondary N) is 1. The zero-order valence-electron chi connectivity index (χ0n) is 12.8. The highest BCUT2D eigenvalue weighted by atomic mass is 16.5. The van der Waals surface area contributed by atoms with E-state index in [1.54, 1.807) is 6.20 Å². The summed E-state index contributed by atoms with van der Waals surface area (Å²) < 4.78 is 5.37. The van der Waals surface area contributed by atoms with E-state index >= 15 is 0 Å². The van der Waals surface area contributed by atoms with Crippen LogP contribution in [0.25, 0.3) is 11.1 Å². The number of hydrogen-bond donors (Lipinski definition) is 2. The number of hydrogen-bond acceptors (Lipinski definition) is 3. The number of aromatic nitrogens is 1. The van der Waals surface area contributed by atoms with Crippen molar-refractivity contribution in [3.8, 4) is 11.1 Å². The Bertz CT molecular complexity index is 669. The van der Waals surface area contributed by atoms with Crippen LogP contribution in [0.15, 0.2) is 42.7 Å². The highest BCUT2D eigenvalue weighted by Gasteiger charge is 2.26. The van der Waals surface area contributed by atoms with Gasteiger partial charge in [0.15, 0.2) is 0 Å². The van der Waals surface area contributed by atoms with Crippen molar-refractivity contribution in [2.75, 3.05) is 0 Å². The topological polar surface area (TPSA) is 72.0 Å². The van der Waals surface area contributed by atoms with Crippen molar-refractivity contribution >= 4 is 6.02 Å². The van der Waals surface area contributed by atoms with Crippen LogP contribution in [0.3, 0.4) is 0 Å². The van der Waals surface area contributed by atoms with Gasteiger partial charge in [-0.05, 0) is 48.9 Å². The van der Waals surface area contributed by atoms with Gasteiger partial charge in [0.25, 0.3) is 6.02 Å². The molecule has 0 spiro atoms. The molecule has 0 saturated heterocycles. The largest absolute Gasteiger partial charge is 0.462 e. The number of benzene rings is 1. The van der Waals surface area contributed by atoms with Gasteiger partial charge in [0.2, 0.25) is 0 Å². The molecular weight excluding hydrogens is 274 g/mol. The summed E-state index contributed by atoms with van der Waals surface area (Å²) in [7, 11) is 0. The first-order valence-corrected chi connectivity index (χ1v) is 7.67. The summed E-state index contributed by atoms with van der Waals surface area (Å²) in [6.45, 7) is 2.00. The third-order valence-corrected chi connectivity index (χ3v) is 4.47. The maximum absolute atomic E-state index is 7.28. The molecule has 2 atom stereocenters. The van der Waals surface area contributed by atoms with Crippen LogP contribution in [0.2, 0.25) is 0 Å². The molecule has 3 N–H and O–H groups in total. The zero-order chi connectivity index (χ0) is 15.5. The van der Waals surface area contributed by atoms with Crippen molar-refractivity contribution in [1.29, 1.82) is 5.41 Å². The van der Waals surface area contributed by atoms with Gasteiger partial charge in [-0.15, -0.1) is 0 Å². The fourth-order valence-electron chi connectivity index (χ4n) is 3.33. The molecular formula is C18H21N3O. The van der Waals surface area contributed by atoms with Crippen molar-refractivity contribution in [2.45, 2.75) is 32.3 Å². The van der Waals surface area contributed by atoms with Gasteiger partial charge >= 0.3 is 0 Å². The Kier molecular flexibility index (Phi) is 4.09. The van der Waals surface area contributed by atoms with Crippen LogP contribution < -0.4 is 5.73 Å². The molecule has 0 bridgehead atoms. The van der Waals surface area contributed by atoms with Crippen LogP contribution in [0.4, 0.5) is 0 Å². The van der Waals surface area contributed by atoms with E-state index < -0.39 is 0 Å². The molecule has 1 aliphatic carbocycles. The number of ether oxygens (including phenoxy) is 1. The van der Waals surface area contributed by atoms with Crippen molar-refractivity contribution in [2.24, 2.45) is 11.7 Å². The fourth-order valence-corrected chi connectivity index (χ4v) is 3.33. The van der Waals surface area contributed by atoms with E-state index in [4.69, 9.17) is 15.9 Å². The third-order valence-electron chi connectivity index (χ3n) is 4.47. The molecule has 0 fully saturated rings. The molecule has 1 heterocycles. The second-order valence-corrected chi connectivity index (χ2v) is 5.88. The minimum Gasteiger partial charge on any atom is -0.462 e. The quantitative estimate of drug-likeness (QED) is 0.675. The van der Waals surface area contributed by atoms with Crippen molar-refractivity contribution in [1.82, 2.24) is 4.98 Å². The van der Waals surface area contributed by atoms with Crippen LogP contribution >= 0.6 is 0 Å². The lowest BCUT2D eigenvalue weighted by molar-refractivity contribution is 0.125. The predicted octanol–water partition coefficient (Wildman–Crippen LogP) is 3.15. The van der Waals surface area contributed by atoms with Gasteiger partial charge in [-0.2, -0.15) is 0 Å². The first kappa shape index (κ1) is 14.6. The molecule has 1 aromatic heterocycles. The lowest BCUT2D eigenvalue weighted by Crippen LogP contribution is -2.31. The van der Waals surface area contributed by atoms with E-state index in [1.165, 1.54) is 22.3 Å². The van der Waals surface area contributed by atoms with Crippen molar-refractivity contribution in [3.05, 3.63) is 53.9 Å². The number of amidine groups is 1. The summed E-state index contributed by atoms with van der Waals surface area (Å²) >= 11 is 0. The summed E-state index contributed by atoms with van der Waals surface area (Å²) in [5.41, 5.74) is 10.6. The molecule has 0 saturated carbocycles. The van der Waals surface area contributed by atoms with Gasteiger partial charge in [0.05, 0.1) is 0 Å². The van der Waals surface area contributed by atoms with Crippen molar-refractivity contribution in [3.63, 3.8) is 0 Å². The van der Waals surface area contributed by atoms with E-state index in [1.807, 2.05) is 19.2 Å². The minimum absolute atomic E-state index is 0.0206. The maximum Gasteiger partial charge on any atom is 0.279 e. The molecule has 22 heavy (non-hydrogen) atoms. The van der Waals surface area contributed by atoms with Gasteiger partial charge in [0.1, 0.15) is 6.10 Å². The third kappa shape index (κ3) is 2.96. The van der Waals surface area contributed by atoms with Crippen molar-refractivity contribution < 1.29 is 4.74 Å². The molecule has 1 aliphatic rings. The average Bonchev–Trinajstić information content (AvgIpc) is 2.54. The number of nitrogens with zero attached hydrogens (tertiary/aromatic N) is 1. The normalized spacial score (nSPS) is 18.3. The van der Waals surface area contributed by atoms with Crippen LogP contribution in [0, 0.1) is 11.3 Å². The smallest absolute Gasteiger partial charge is 0.279 e. The lowest BCUT2D eigenvalue weighted by atomic mass is 9.79. The van der Waals surface area contributed by atoms with E-state index in [2.05, 4.69) is 29.2 Å². The van der Waals surface area contributed by atoms with Gasteiger partial charge in [0, 0.05) is 23.9 Å². The maximum atomic E-state index is 7.28. The van der Waals surface area contributed by atoms with Crippen LogP contribution in [0.1, 0.15) is 24.5 Å². The van der Waals surface area contributed by atoms with Gasteiger partial charge in [-0.25, -0.2) is 0 Å². The predicted molar refractivity (Wildman–Crippen MR) is 87.6 cm³/mol. The SMILES string of the molecule is C[C@@H](OC(=N)N)C1CCc2c(cccc2-c2cccnc2)C1. The summed E-state index contributed by atoms with van der Waals surface area (Å²) in [6.07, 6.45) is 6.75. The van der Waals surface area contributed by atoms with E-state index in [-0.39, 0.29) is 12.1 Å². The van der Waals surface area contributed by atoms with Crippen LogP contribution in [-0.2, 0) is 17.6 Å². The van der Waals surface area contributed by atoms with E-state index in [0.29, 0.717) is 5.92 Å². The number of nitrogens with two attached hydrogens (primary N) is 1. The molecule has 3 rings (SSSR count). The van der Waals surface area contributed by atoms with E-state index in [0.717, 1.165) is 19.3 Å². The molecule has 2 aromatic rings. The summed E-state index contributed by atoms with van der Waals surface area (Å²) in [5, 5.41) is 7.28. The molecule has 4 nitrogen and oxygen atoms in total. The first-order chi connectivity index (χ1) is 10.6. The summed E-state index contributed by atoms with van der Waals surface area (Å²) in [6, 6.07) is 10.4. The number of rotatable bonds is 3. The second kappa shape index (κ2) is 6.18. The monoisotopic (exact) mass is 295 g/mol. The number of pyridine rings is 1. The molecule has 0 radical (unpaired) electrons. The lowest BCUT2D eigenvalue weighted by Gasteiger charge is -2.30. The van der Waals surface area contributed by atoms with E-state index in [9.17, 15) is 0 Å². The molecule has 1 aromatic carbocycles. The Morgan fingerprint density at radius 3 is 2.95 bits per heavy atom. The Morgan fingerprint density at radius 2 is 2.23 bits per heavy atom. The Hall–Kier alpha value is -2.36. The number of fused-ring (bicyclic) bond motifs is 1. The molecule has 0 amide bonds. The second-order valence-electron chi connectivity index (χ2n) is 5.88.